The molecule has 0 saturated carbocycles. The van der Waals surface area contributed by atoms with Gasteiger partial charge in [-0.3, -0.25) is 0 Å². The molecular weight excluding hydrogens is 152 g/mol. The molecule has 1 aromatic heterocycles. The first-order valence-corrected chi connectivity index (χ1v) is 2.89. The fourth-order valence-electron chi connectivity index (χ4n) is 0.473. The minimum atomic E-state index is 0.131. The van der Waals surface area contributed by atoms with E-state index < -0.39 is 0 Å². The van der Waals surface area contributed by atoms with E-state index in [1.807, 2.05) is 0 Å². The van der Waals surface area contributed by atoms with Gasteiger partial charge >= 0.3 is 0 Å². The molecular formula is C5H6ClN4. The van der Waals surface area contributed by atoms with Crippen LogP contribution in [0.25, 0.3) is 0 Å². The maximum absolute atomic E-state index is 5.49. The summed E-state index contributed by atoms with van der Waals surface area (Å²) in [5.74, 6) is 0.341. The summed E-state index contributed by atoms with van der Waals surface area (Å²) in [4.78, 5) is 7.39. The molecule has 53 valence electrons. The zero-order chi connectivity index (χ0) is 7.72. The second kappa shape index (κ2) is 2.30. The van der Waals surface area contributed by atoms with Crippen LogP contribution < -0.4 is 11.5 Å². The van der Waals surface area contributed by atoms with Gasteiger partial charge in [0, 0.05) is 0 Å². The van der Waals surface area contributed by atoms with Crippen molar-refractivity contribution >= 4 is 23.2 Å². The highest BCUT2D eigenvalue weighted by Gasteiger charge is 2.02. The third-order valence-electron chi connectivity index (χ3n) is 0.981. The molecule has 0 aromatic carbocycles. The minimum absolute atomic E-state index is 0.131. The van der Waals surface area contributed by atoms with E-state index in [2.05, 4.69) is 16.9 Å². The van der Waals surface area contributed by atoms with Crippen LogP contribution >= 0.6 is 11.6 Å². The van der Waals surface area contributed by atoms with Crippen molar-refractivity contribution in [1.29, 1.82) is 0 Å². The normalized spacial score (nSPS) is 9.80. The average molecular weight is 158 g/mol. The molecule has 0 bridgehead atoms. The summed E-state index contributed by atoms with van der Waals surface area (Å²) in [5.41, 5.74) is 10.9. The highest BCUT2D eigenvalue weighted by Crippen LogP contribution is 2.15. The SMILES string of the molecule is [CH2]c1nc(Cl)c(N)nc1N. The zero-order valence-corrected chi connectivity index (χ0v) is 5.89. The summed E-state index contributed by atoms with van der Waals surface area (Å²) in [6.07, 6.45) is 0. The average Bonchev–Trinajstić information content (AvgIpc) is 1.84. The first kappa shape index (κ1) is 7.08. The van der Waals surface area contributed by atoms with Gasteiger partial charge in [0.15, 0.2) is 11.0 Å². The Morgan fingerprint density at radius 3 is 2.30 bits per heavy atom. The molecule has 0 atom stereocenters. The number of hydrogen-bond donors (Lipinski definition) is 2. The van der Waals surface area contributed by atoms with E-state index >= 15 is 0 Å². The predicted octanol–water partition coefficient (Wildman–Crippen LogP) is 0.477. The molecule has 4 N–H and O–H groups in total. The lowest BCUT2D eigenvalue weighted by Crippen LogP contribution is -2.01. The van der Waals surface area contributed by atoms with Crippen molar-refractivity contribution in [2.24, 2.45) is 0 Å². The van der Waals surface area contributed by atoms with Gasteiger partial charge in [-0.25, -0.2) is 9.97 Å². The van der Waals surface area contributed by atoms with Gasteiger partial charge in [0.25, 0.3) is 0 Å². The Kier molecular flexibility index (Phi) is 1.63. The van der Waals surface area contributed by atoms with Crippen molar-refractivity contribution in [2.45, 2.75) is 0 Å². The first-order chi connectivity index (χ1) is 4.61. The standard InChI is InChI=1S/C5H6ClN4/c1-2-4(7)10-5(8)3(6)9-2/h1H2,(H4,7,8,10). The number of hydrogen-bond acceptors (Lipinski definition) is 4. The molecule has 0 amide bonds. The Morgan fingerprint density at radius 1 is 1.20 bits per heavy atom. The maximum Gasteiger partial charge on any atom is 0.171 e. The van der Waals surface area contributed by atoms with Gasteiger partial charge < -0.3 is 11.5 Å². The van der Waals surface area contributed by atoms with Crippen LogP contribution in [0.1, 0.15) is 5.69 Å². The molecule has 0 spiro atoms. The number of nitrogen functional groups attached to an aromatic ring is 2. The lowest BCUT2D eigenvalue weighted by atomic mass is 10.4. The molecule has 1 radical (unpaired) electrons. The third-order valence-corrected chi connectivity index (χ3v) is 1.26. The highest BCUT2D eigenvalue weighted by atomic mass is 35.5. The number of aromatic nitrogens is 2. The molecule has 0 saturated heterocycles. The molecule has 0 fully saturated rings. The van der Waals surface area contributed by atoms with E-state index in [0.29, 0.717) is 5.69 Å². The van der Waals surface area contributed by atoms with Gasteiger partial charge in [0.05, 0.1) is 5.69 Å². The first-order valence-electron chi connectivity index (χ1n) is 2.51. The number of nitrogens with zero attached hydrogens (tertiary/aromatic N) is 2. The minimum Gasteiger partial charge on any atom is -0.382 e. The lowest BCUT2D eigenvalue weighted by molar-refractivity contribution is 1.18. The lowest BCUT2D eigenvalue weighted by Gasteiger charge is -1.99. The van der Waals surface area contributed by atoms with E-state index in [4.69, 9.17) is 23.1 Å². The molecule has 10 heavy (non-hydrogen) atoms. The van der Waals surface area contributed by atoms with E-state index in [1.165, 1.54) is 0 Å². The van der Waals surface area contributed by atoms with E-state index in [-0.39, 0.29) is 16.8 Å². The van der Waals surface area contributed by atoms with Crippen molar-refractivity contribution in [3.63, 3.8) is 0 Å². The van der Waals surface area contributed by atoms with Gasteiger partial charge in [-0.15, -0.1) is 0 Å². The van der Waals surface area contributed by atoms with Crippen LogP contribution in [-0.4, -0.2) is 9.97 Å². The van der Waals surface area contributed by atoms with Crippen molar-refractivity contribution in [2.75, 3.05) is 11.5 Å². The highest BCUT2D eigenvalue weighted by molar-refractivity contribution is 6.31. The molecule has 0 aliphatic heterocycles. The van der Waals surface area contributed by atoms with Crippen molar-refractivity contribution < 1.29 is 0 Å². The van der Waals surface area contributed by atoms with E-state index in [1.54, 1.807) is 0 Å². The monoisotopic (exact) mass is 157 g/mol. The summed E-state index contributed by atoms with van der Waals surface area (Å²) in [7, 11) is 0. The van der Waals surface area contributed by atoms with Crippen LogP contribution in [0.3, 0.4) is 0 Å². The summed E-state index contributed by atoms with van der Waals surface area (Å²) in [6.45, 7) is 3.48. The summed E-state index contributed by atoms with van der Waals surface area (Å²) < 4.78 is 0. The van der Waals surface area contributed by atoms with Crippen molar-refractivity contribution in [1.82, 2.24) is 9.97 Å². The summed E-state index contributed by atoms with van der Waals surface area (Å²) in [6, 6.07) is 0. The quantitative estimate of drug-likeness (QED) is 0.574. The van der Waals surface area contributed by atoms with Gasteiger partial charge in [-0.2, -0.15) is 0 Å². The Morgan fingerprint density at radius 2 is 1.80 bits per heavy atom. The second-order valence-electron chi connectivity index (χ2n) is 1.73. The van der Waals surface area contributed by atoms with E-state index in [9.17, 15) is 0 Å². The topological polar surface area (TPSA) is 77.8 Å². The van der Waals surface area contributed by atoms with Crippen LogP contribution in [0, 0.1) is 6.92 Å². The Bertz CT molecular complexity index is 210. The number of rotatable bonds is 0. The van der Waals surface area contributed by atoms with Crippen molar-refractivity contribution in [3.8, 4) is 0 Å². The number of nitrogens with two attached hydrogens (primary N) is 2. The molecule has 0 aliphatic rings. The number of halogens is 1. The third kappa shape index (κ3) is 1.11. The molecule has 1 heterocycles. The Balaban J connectivity index is 3.28. The molecule has 4 nitrogen and oxygen atoms in total. The van der Waals surface area contributed by atoms with Crippen molar-refractivity contribution in [3.05, 3.63) is 17.8 Å². The maximum atomic E-state index is 5.49. The number of anilines is 2. The Hall–Kier alpha value is -1.03. The Labute approximate surface area is 63.2 Å². The van der Waals surface area contributed by atoms with Gasteiger partial charge in [0.2, 0.25) is 0 Å². The van der Waals surface area contributed by atoms with Crippen LogP contribution in [0.4, 0.5) is 11.6 Å². The molecule has 1 rings (SSSR count). The van der Waals surface area contributed by atoms with Gasteiger partial charge in [-0.1, -0.05) is 11.6 Å². The smallest absolute Gasteiger partial charge is 0.171 e. The zero-order valence-electron chi connectivity index (χ0n) is 5.13. The van der Waals surface area contributed by atoms with E-state index in [0.717, 1.165) is 0 Å². The fourth-order valence-corrected chi connectivity index (χ4v) is 0.618. The summed E-state index contributed by atoms with van der Waals surface area (Å²) >= 11 is 5.49. The summed E-state index contributed by atoms with van der Waals surface area (Å²) in [5, 5.41) is 0.138. The van der Waals surface area contributed by atoms with Crippen LogP contribution in [-0.2, 0) is 0 Å². The predicted molar refractivity (Wildman–Crippen MR) is 40.3 cm³/mol. The molecule has 0 unspecified atom stereocenters. The van der Waals surface area contributed by atoms with Crippen LogP contribution in [0.5, 0.6) is 0 Å². The second-order valence-corrected chi connectivity index (χ2v) is 2.09. The molecule has 1 aromatic rings. The van der Waals surface area contributed by atoms with Crippen LogP contribution in [0.15, 0.2) is 0 Å². The molecule has 0 aliphatic carbocycles. The van der Waals surface area contributed by atoms with Gasteiger partial charge in [-0.05, 0) is 6.92 Å². The fraction of sp³-hybridized carbons (Fsp3) is 0. The molecule has 5 heteroatoms. The van der Waals surface area contributed by atoms with Gasteiger partial charge in [0.1, 0.15) is 5.82 Å². The van der Waals surface area contributed by atoms with Crippen LogP contribution in [0.2, 0.25) is 5.15 Å². The largest absolute Gasteiger partial charge is 0.382 e.